The Bertz CT molecular complexity index is 337. The van der Waals surface area contributed by atoms with Gasteiger partial charge in [-0.2, -0.15) is 0 Å². The van der Waals surface area contributed by atoms with E-state index in [1.807, 2.05) is 0 Å². The van der Waals surface area contributed by atoms with Crippen molar-refractivity contribution in [3.05, 3.63) is 12.7 Å². The second kappa shape index (κ2) is 10.3. The molecule has 1 aliphatic rings. The summed E-state index contributed by atoms with van der Waals surface area (Å²) in [7, 11) is 0. The molecule has 0 aliphatic carbocycles. The molecule has 0 saturated carbocycles. The lowest BCUT2D eigenvalue weighted by Gasteiger charge is -2.39. The second-order valence-corrected chi connectivity index (χ2v) is 5.71. The summed E-state index contributed by atoms with van der Waals surface area (Å²) >= 11 is 0. The minimum atomic E-state index is -1.47. The summed E-state index contributed by atoms with van der Waals surface area (Å²) in [5.74, 6) is -0.229. The van der Waals surface area contributed by atoms with Crippen LogP contribution >= 0.6 is 0 Å². The van der Waals surface area contributed by atoms with Crippen LogP contribution in [-0.4, -0.2) is 87.8 Å². The van der Waals surface area contributed by atoms with Gasteiger partial charge in [0, 0.05) is 19.1 Å². The normalized spacial score (nSPS) is 34.1. The van der Waals surface area contributed by atoms with E-state index in [1.165, 1.54) is 0 Å². The summed E-state index contributed by atoms with van der Waals surface area (Å²) in [5, 5.41) is 56.7. The number of rotatable bonds is 10. The van der Waals surface area contributed by atoms with Crippen molar-refractivity contribution < 1.29 is 40.1 Å². The lowest BCUT2D eigenvalue weighted by Crippen LogP contribution is -2.59. The molecule has 6 N–H and O–H groups in total. The smallest absolute Gasteiger partial charge is 0.186 e. The molecule has 0 radical (unpaired) electrons. The van der Waals surface area contributed by atoms with Gasteiger partial charge < -0.3 is 40.1 Å². The highest BCUT2D eigenvalue weighted by molar-refractivity contribution is 4.89. The van der Waals surface area contributed by atoms with Crippen LogP contribution in [-0.2, 0) is 9.47 Å². The average Bonchev–Trinajstić information content (AvgIpc) is 2.56. The zero-order valence-corrected chi connectivity index (χ0v) is 13.1. The number of aliphatic hydroxyl groups excluding tert-OH is 6. The van der Waals surface area contributed by atoms with Crippen molar-refractivity contribution >= 4 is 0 Å². The van der Waals surface area contributed by atoms with Gasteiger partial charge in [0.2, 0.25) is 0 Å². The van der Waals surface area contributed by atoms with E-state index in [9.17, 15) is 20.4 Å². The van der Waals surface area contributed by atoms with Gasteiger partial charge in [0.25, 0.3) is 0 Å². The molecule has 1 fully saturated rings. The monoisotopic (exact) mass is 336 g/mol. The zero-order chi connectivity index (χ0) is 17.4. The quantitative estimate of drug-likeness (QED) is 0.251. The maximum absolute atomic E-state index is 9.85. The summed E-state index contributed by atoms with van der Waals surface area (Å²) in [6.07, 6.45) is -3.94. The summed E-state index contributed by atoms with van der Waals surface area (Å²) < 4.78 is 10.6. The third-order valence-corrected chi connectivity index (χ3v) is 4.24. The van der Waals surface area contributed by atoms with Crippen LogP contribution in [0.3, 0.4) is 0 Å². The van der Waals surface area contributed by atoms with Crippen molar-refractivity contribution in [2.75, 3.05) is 26.4 Å². The van der Waals surface area contributed by atoms with E-state index >= 15 is 0 Å². The molecule has 136 valence electrons. The lowest BCUT2D eigenvalue weighted by atomic mass is 9.88. The molecule has 0 aromatic carbocycles. The van der Waals surface area contributed by atoms with Crippen LogP contribution in [0.5, 0.6) is 0 Å². The van der Waals surface area contributed by atoms with Gasteiger partial charge in [-0.25, -0.2) is 0 Å². The van der Waals surface area contributed by atoms with Crippen LogP contribution < -0.4 is 0 Å². The number of hydrogen-bond donors (Lipinski definition) is 6. The Morgan fingerprint density at radius 3 is 2.26 bits per heavy atom. The van der Waals surface area contributed by atoms with E-state index in [-0.39, 0.29) is 31.7 Å². The van der Waals surface area contributed by atoms with Gasteiger partial charge in [0.05, 0.1) is 13.2 Å². The third kappa shape index (κ3) is 5.47. The molecule has 0 bridgehead atoms. The average molecular weight is 336 g/mol. The van der Waals surface area contributed by atoms with Crippen LogP contribution in [0.15, 0.2) is 12.7 Å². The summed E-state index contributed by atoms with van der Waals surface area (Å²) in [6, 6.07) is 0. The van der Waals surface area contributed by atoms with Crippen molar-refractivity contribution in [2.24, 2.45) is 11.8 Å². The summed E-state index contributed by atoms with van der Waals surface area (Å²) in [4.78, 5) is 0. The molecule has 7 atom stereocenters. The van der Waals surface area contributed by atoms with Gasteiger partial charge in [-0.15, -0.1) is 6.58 Å². The Balaban J connectivity index is 2.53. The van der Waals surface area contributed by atoms with Gasteiger partial charge in [-0.3, -0.25) is 0 Å². The van der Waals surface area contributed by atoms with Crippen LogP contribution in [0.2, 0.25) is 0 Å². The number of ether oxygens (including phenoxy) is 2. The van der Waals surface area contributed by atoms with Crippen molar-refractivity contribution in [1.29, 1.82) is 0 Å². The van der Waals surface area contributed by atoms with Crippen molar-refractivity contribution in [3.8, 4) is 0 Å². The van der Waals surface area contributed by atoms with Crippen molar-refractivity contribution in [1.82, 2.24) is 0 Å². The summed E-state index contributed by atoms with van der Waals surface area (Å²) in [5.41, 5.74) is 0. The van der Waals surface area contributed by atoms with Gasteiger partial charge in [0.1, 0.15) is 24.4 Å². The first-order valence-electron chi connectivity index (χ1n) is 7.76. The van der Waals surface area contributed by atoms with Crippen molar-refractivity contribution in [2.45, 2.75) is 43.5 Å². The van der Waals surface area contributed by atoms with E-state index in [2.05, 4.69) is 6.58 Å². The first kappa shape index (κ1) is 20.5. The van der Waals surface area contributed by atoms with Gasteiger partial charge in [0.15, 0.2) is 6.29 Å². The summed E-state index contributed by atoms with van der Waals surface area (Å²) in [6.45, 7) is 3.16. The van der Waals surface area contributed by atoms with Gasteiger partial charge in [-0.05, 0) is 18.8 Å². The predicted octanol–water partition coefficient (Wildman–Crippen LogP) is -2.01. The maximum Gasteiger partial charge on any atom is 0.186 e. The highest BCUT2D eigenvalue weighted by Crippen LogP contribution is 2.24. The molecular formula is C15H28O8. The second-order valence-electron chi connectivity index (χ2n) is 5.71. The molecule has 1 aliphatic heterocycles. The molecule has 8 heteroatoms. The van der Waals surface area contributed by atoms with Crippen LogP contribution in [0, 0.1) is 11.8 Å². The Kier molecular flexibility index (Phi) is 9.18. The topological polar surface area (TPSA) is 140 Å². The molecule has 0 aromatic rings. The van der Waals surface area contributed by atoms with Gasteiger partial charge in [-0.1, -0.05) is 6.08 Å². The largest absolute Gasteiger partial charge is 0.396 e. The van der Waals surface area contributed by atoms with Crippen molar-refractivity contribution in [3.63, 3.8) is 0 Å². The fourth-order valence-corrected chi connectivity index (χ4v) is 2.70. The molecule has 7 unspecified atom stereocenters. The minimum absolute atomic E-state index is 0.0327. The molecule has 23 heavy (non-hydrogen) atoms. The molecule has 0 aromatic heterocycles. The molecule has 1 heterocycles. The Hall–Kier alpha value is -0.580. The standard InChI is InChI=1S/C15H28O8/c1-2-9(7-17)10(3-5-16)4-6-22-15-14(21)13(20)12(19)11(8-18)23-15/h2,9-21H,1,3-8H2. The van der Waals surface area contributed by atoms with E-state index in [0.717, 1.165) is 0 Å². The Morgan fingerprint density at radius 2 is 1.74 bits per heavy atom. The highest BCUT2D eigenvalue weighted by atomic mass is 16.7. The predicted molar refractivity (Wildman–Crippen MR) is 80.3 cm³/mol. The fraction of sp³-hybridized carbons (Fsp3) is 0.867. The molecule has 1 rings (SSSR count). The molecule has 0 spiro atoms. The third-order valence-electron chi connectivity index (χ3n) is 4.24. The van der Waals surface area contributed by atoms with Crippen LogP contribution in [0.25, 0.3) is 0 Å². The Morgan fingerprint density at radius 1 is 1.04 bits per heavy atom. The minimum Gasteiger partial charge on any atom is -0.396 e. The molecular weight excluding hydrogens is 308 g/mol. The number of hydrogen-bond acceptors (Lipinski definition) is 8. The van der Waals surface area contributed by atoms with E-state index in [0.29, 0.717) is 12.8 Å². The molecule has 8 nitrogen and oxygen atoms in total. The molecule has 1 saturated heterocycles. The fourth-order valence-electron chi connectivity index (χ4n) is 2.70. The van der Waals surface area contributed by atoms with Crippen LogP contribution in [0.4, 0.5) is 0 Å². The highest BCUT2D eigenvalue weighted by Gasteiger charge is 2.44. The van der Waals surface area contributed by atoms with E-state index in [1.54, 1.807) is 6.08 Å². The first-order chi connectivity index (χ1) is 11.0. The number of aliphatic hydroxyl groups is 6. The van der Waals surface area contributed by atoms with Crippen LogP contribution in [0.1, 0.15) is 12.8 Å². The van der Waals surface area contributed by atoms with E-state index in [4.69, 9.17) is 19.7 Å². The SMILES string of the molecule is C=CC(CO)C(CCO)CCOC1OC(CO)C(O)C(O)C1O. The zero-order valence-electron chi connectivity index (χ0n) is 13.1. The Labute approximate surface area is 135 Å². The molecule has 0 amide bonds. The van der Waals surface area contributed by atoms with E-state index < -0.39 is 37.3 Å². The maximum atomic E-state index is 9.85. The lowest BCUT2D eigenvalue weighted by molar-refractivity contribution is -0.301. The first-order valence-corrected chi connectivity index (χ1v) is 7.76. The van der Waals surface area contributed by atoms with Gasteiger partial charge >= 0.3 is 0 Å².